The van der Waals surface area contributed by atoms with Crippen LogP contribution in [-0.2, 0) is 17.6 Å². The maximum absolute atomic E-state index is 13.5. The van der Waals surface area contributed by atoms with Crippen LogP contribution in [0.1, 0.15) is 35.6 Å². The first kappa shape index (κ1) is 21.7. The number of rotatable bonds is 7. The summed E-state index contributed by atoms with van der Waals surface area (Å²) in [5.41, 5.74) is 3.94. The number of anilines is 1. The van der Waals surface area contributed by atoms with Crippen molar-refractivity contribution >= 4 is 11.8 Å². The van der Waals surface area contributed by atoms with Crippen molar-refractivity contribution in [3.8, 4) is 5.69 Å². The number of hydrogen-bond donors (Lipinski definition) is 3. The summed E-state index contributed by atoms with van der Waals surface area (Å²) in [4.78, 5) is 13.5. The van der Waals surface area contributed by atoms with Crippen molar-refractivity contribution in [2.75, 3.05) is 32.1 Å². The Hall–Kier alpha value is -3.16. The maximum atomic E-state index is 13.5. The standard InChI is InChI=1S/C26H31N5O2/c1-33-16-15-26(18-27-17-22(26)19-9-4-2-5-10-19)29-25(32)28-24-21-13-8-14-23(21)30-31(24)20-11-6-3-7-12-20/h2-7,9-12,22,27H,8,13-18H2,1H3,(H2,28,29,32)/t22-,26+/m0/s1. The molecule has 2 aromatic carbocycles. The Labute approximate surface area is 194 Å². The number of para-hydroxylation sites is 1. The second-order valence-electron chi connectivity index (χ2n) is 8.95. The first-order valence-corrected chi connectivity index (χ1v) is 11.7. The zero-order valence-electron chi connectivity index (χ0n) is 19.0. The molecule has 7 nitrogen and oxygen atoms in total. The number of aryl methyl sites for hydroxylation is 1. The summed E-state index contributed by atoms with van der Waals surface area (Å²) in [6.45, 7) is 2.08. The van der Waals surface area contributed by atoms with Gasteiger partial charge >= 0.3 is 6.03 Å². The smallest absolute Gasteiger partial charge is 0.320 e. The average molecular weight is 446 g/mol. The summed E-state index contributed by atoms with van der Waals surface area (Å²) < 4.78 is 7.29. The third-order valence-electron chi connectivity index (χ3n) is 6.91. The molecule has 1 saturated heterocycles. The molecular weight excluding hydrogens is 414 g/mol. The Morgan fingerprint density at radius 3 is 2.67 bits per heavy atom. The molecule has 2 aliphatic rings. The highest BCUT2D eigenvalue weighted by Crippen LogP contribution is 2.35. The molecule has 2 atom stereocenters. The van der Waals surface area contributed by atoms with E-state index in [0.29, 0.717) is 13.2 Å². The summed E-state index contributed by atoms with van der Waals surface area (Å²) in [6.07, 6.45) is 3.67. The van der Waals surface area contributed by atoms with Crippen LogP contribution < -0.4 is 16.0 Å². The number of amides is 2. The van der Waals surface area contributed by atoms with Crippen molar-refractivity contribution in [3.05, 3.63) is 77.5 Å². The van der Waals surface area contributed by atoms with Crippen LogP contribution in [0.15, 0.2) is 60.7 Å². The number of methoxy groups -OCH3 is 1. The van der Waals surface area contributed by atoms with Crippen molar-refractivity contribution in [1.82, 2.24) is 20.4 Å². The van der Waals surface area contributed by atoms with Gasteiger partial charge in [-0.2, -0.15) is 5.10 Å². The average Bonchev–Trinajstić information content (AvgIpc) is 3.55. The summed E-state index contributed by atoms with van der Waals surface area (Å²) in [7, 11) is 1.70. The van der Waals surface area contributed by atoms with Crippen molar-refractivity contribution in [1.29, 1.82) is 0 Å². The van der Waals surface area contributed by atoms with Crippen molar-refractivity contribution in [3.63, 3.8) is 0 Å². The summed E-state index contributed by atoms with van der Waals surface area (Å²) in [5.74, 6) is 0.930. The van der Waals surface area contributed by atoms with E-state index >= 15 is 0 Å². The maximum Gasteiger partial charge on any atom is 0.320 e. The van der Waals surface area contributed by atoms with Crippen LogP contribution in [-0.4, -0.2) is 48.2 Å². The number of benzene rings is 2. The predicted octanol–water partition coefficient (Wildman–Crippen LogP) is 3.64. The minimum absolute atomic E-state index is 0.157. The molecule has 1 aromatic heterocycles. The lowest BCUT2D eigenvalue weighted by Crippen LogP contribution is -2.55. The molecule has 7 heteroatoms. The van der Waals surface area contributed by atoms with Crippen LogP contribution in [0.2, 0.25) is 0 Å². The van der Waals surface area contributed by atoms with Gasteiger partial charge in [-0.1, -0.05) is 48.5 Å². The van der Waals surface area contributed by atoms with Gasteiger partial charge in [-0.05, 0) is 43.4 Å². The number of nitrogens with zero attached hydrogens (tertiary/aromatic N) is 2. The zero-order chi connectivity index (χ0) is 22.7. The highest BCUT2D eigenvalue weighted by atomic mass is 16.5. The lowest BCUT2D eigenvalue weighted by Gasteiger charge is -2.36. The summed E-state index contributed by atoms with van der Waals surface area (Å²) in [5, 5.41) is 14.8. The van der Waals surface area contributed by atoms with E-state index in [4.69, 9.17) is 9.84 Å². The van der Waals surface area contributed by atoms with E-state index in [1.54, 1.807) is 7.11 Å². The molecule has 0 unspecified atom stereocenters. The van der Waals surface area contributed by atoms with Gasteiger partial charge in [0.25, 0.3) is 0 Å². The number of urea groups is 1. The molecule has 1 aliphatic carbocycles. The normalized spacial score (nSPS) is 21.7. The molecule has 3 N–H and O–H groups in total. The number of ether oxygens (including phenoxy) is 1. The fraction of sp³-hybridized carbons (Fsp3) is 0.385. The zero-order valence-corrected chi connectivity index (χ0v) is 19.0. The molecular formula is C26H31N5O2. The molecule has 2 amide bonds. The van der Waals surface area contributed by atoms with E-state index in [1.165, 1.54) is 5.56 Å². The largest absolute Gasteiger partial charge is 0.385 e. The molecule has 0 spiro atoms. The van der Waals surface area contributed by atoms with Crippen molar-refractivity contribution < 1.29 is 9.53 Å². The van der Waals surface area contributed by atoms with Gasteiger partial charge in [-0.3, -0.25) is 5.32 Å². The van der Waals surface area contributed by atoms with Gasteiger partial charge in [-0.25, -0.2) is 9.48 Å². The van der Waals surface area contributed by atoms with E-state index in [1.807, 2.05) is 41.1 Å². The number of fused-ring (bicyclic) bond motifs is 1. The second kappa shape index (κ2) is 9.37. The molecule has 5 rings (SSSR count). The van der Waals surface area contributed by atoms with E-state index in [0.717, 1.165) is 55.0 Å². The van der Waals surface area contributed by atoms with Crippen LogP contribution in [0.25, 0.3) is 5.69 Å². The number of carbonyl (C=O) groups excluding carboxylic acids is 1. The highest BCUT2D eigenvalue weighted by Gasteiger charge is 2.44. The first-order chi connectivity index (χ1) is 16.2. The monoisotopic (exact) mass is 445 g/mol. The fourth-order valence-electron chi connectivity index (χ4n) is 5.26. The van der Waals surface area contributed by atoms with E-state index in [2.05, 4.69) is 40.2 Å². The third kappa shape index (κ3) is 4.26. The van der Waals surface area contributed by atoms with Crippen molar-refractivity contribution in [2.45, 2.75) is 37.1 Å². The van der Waals surface area contributed by atoms with E-state index in [-0.39, 0.29) is 11.9 Å². The minimum atomic E-state index is -0.442. The number of carbonyl (C=O) groups is 1. The Bertz CT molecular complexity index is 1100. The van der Waals surface area contributed by atoms with E-state index < -0.39 is 5.54 Å². The number of aromatic nitrogens is 2. The summed E-state index contributed by atoms with van der Waals surface area (Å²) >= 11 is 0. The highest BCUT2D eigenvalue weighted by molar-refractivity contribution is 5.90. The molecule has 0 saturated carbocycles. The lowest BCUT2D eigenvalue weighted by molar-refractivity contribution is 0.155. The quantitative estimate of drug-likeness (QED) is 0.519. The van der Waals surface area contributed by atoms with Gasteiger partial charge in [0.15, 0.2) is 0 Å². The number of nitrogens with one attached hydrogen (secondary N) is 3. The fourth-order valence-corrected chi connectivity index (χ4v) is 5.26. The lowest BCUT2D eigenvalue weighted by atomic mass is 9.79. The Balaban J connectivity index is 1.43. The van der Waals surface area contributed by atoms with E-state index in [9.17, 15) is 4.79 Å². The first-order valence-electron chi connectivity index (χ1n) is 11.7. The third-order valence-corrected chi connectivity index (χ3v) is 6.91. The van der Waals surface area contributed by atoms with Crippen LogP contribution in [0.3, 0.4) is 0 Å². The Kier molecular flexibility index (Phi) is 6.15. The second-order valence-corrected chi connectivity index (χ2v) is 8.95. The van der Waals surface area contributed by atoms with Crippen molar-refractivity contribution in [2.24, 2.45) is 0 Å². The van der Waals surface area contributed by atoms with Gasteiger partial charge in [0.1, 0.15) is 5.82 Å². The molecule has 0 bridgehead atoms. The number of hydrogen-bond acceptors (Lipinski definition) is 4. The minimum Gasteiger partial charge on any atom is -0.385 e. The molecule has 172 valence electrons. The Morgan fingerprint density at radius 2 is 1.91 bits per heavy atom. The van der Waals surface area contributed by atoms with Gasteiger partial charge in [0.05, 0.1) is 16.9 Å². The molecule has 2 heterocycles. The SMILES string of the molecule is COCC[C@@]1(NC(=O)Nc2c3c(nn2-c2ccccc2)CCC3)CNC[C@H]1c1ccccc1. The summed E-state index contributed by atoms with van der Waals surface area (Å²) in [6, 6.07) is 20.2. The topological polar surface area (TPSA) is 80.2 Å². The molecule has 1 fully saturated rings. The Morgan fingerprint density at radius 1 is 1.15 bits per heavy atom. The predicted molar refractivity (Wildman–Crippen MR) is 129 cm³/mol. The van der Waals surface area contributed by atoms with Gasteiger partial charge in [0, 0.05) is 38.3 Å². The molecule has 33 heavy (non-hydrogen) atoms. The van der Waals surface area contributed by atoms with Crippen LogP contribution in [0.4, 0.5) is 10.6 Å². The molecule has 0 radical (unpaired) electrons. The van der Waals surface area contributed by atoms with Crippen LogP contribution in [0, 0.1) is 0 Å². The van der Waals surface area contributed by atoms with Gasteiger partial charge < -0.3 is 15.4 Å². The van der Waals surface area contributed by atoms with Gasteiger partial charge in [0.2, 0.25) is 0 Å². The van der Waals surface area contributed by atoms with Gasteiger partial charge in [-0.15, -0.1) is 0 Å². The van der Waals surface area contributed by atoms with Crippen LogP contribution >= 0.6 is 0 Å². The molecule has 3 aromatic rings. The van der Waals surface area contributed by atoms with Crippen LogP contribution in [0.5, 0.6) is 0 Å². The molecule has 1 aliphatic heterocycles.